The third kappa shape index (κ3) is 5.32. The Balaban J connectivity index is 1.42. The van der Waals surface area contributed by atoms with Crippen LogP contribution in [-0.2, 0) is 4.79 Å². The van der Waals surface area contributed by atoms with Gasteiger partial charge in [0.15, 0.2) is 0 Å². The van der Waals surface area contributed by atoms with Crippen molar-refractivity contribution in [2.45, 2.75) is 5.16 Å². The molecule has 9 nitrogen and oxygen atoms in total. The van der Waals surface area contributed by atoms with Gasteiger partial charge >= 0.3 is 0 Å². The Morgan fingerprint density at radius 1 is 1.16 bits per heavy atom. The third-order valence-corrected chi connectivity index (χ3v) is 6.32. The highest BCUT2D eigenvalue weighted by Gasteiger charge is 2.19. The number of piperazine rings is 1. The fourth-order valence-corrected chi connectivity index (χ4v) is 4.27. The fourth-order valence-electron chi connectivity index (χ4n) is 3.40. The molecule has 0 aliphatic carbocycles. The molecule has 32 heavy (non-hydrogen) atoms. The van der Waals surface area contributed by atoms with Crippen molar-refractivity contribution in [1.82, 2.24) is 25.1 Å². The largest absolute Gasteiger partial charge is 0.497 e. The van der Waals surface area contributed by atoms with E-state index >= 15 is 0 Å². The second-order valence-corrected chi connectivity index (χ2v) is 8.74. The van der Waals surface area contributed by atoms with Gasteiger partial charge in [-0.1, -0.05) is 23.4 Å². The first-order valence-corrected chi connectivity index (χ1v) is 11.5. The number of halogens is 1. The molecule has 0 bridgehead atoms. The molecule has 1 aliphatic heterocycles. The van der Waals surface area contributed by atoms with Crippen LogP contribution in [-0.4, -0.2) is 77.1 Å². The maximum Gasteiger partial charge on any atom is 0.234 e. The lowest BCUT2D eigenvalue weighted by Crippen LogP contribution is -2.44. The average molecular weight is 474 g/mol. The summed E-state index contributed by atoms with van der Waals surface area (Å²) in [6, 6.07) is 13.0. The molecule has 0 spiro atoms. The predicted octanol–water partition coefficient (Wildman–Crippen LogP) is 2.81. The lowest BCUT2D eigenvalue weighted by molar-refractivity contribution is -0.113. The summed E-state index contributed by atoms with van der Waals surface area (Å²) in [7, 11) is 3.72. The number of aromatic nitrogens is 4. The second-order valence-electron chi connectivity index (χ2n) is 7.36. The lowest BCUT2D eigenvalue weighted by atomic mass is 10.2. The number of amides is 1. The number of ether oxygens (including phenoxy) is 1. The molecule has 1 fully saturated rings. The van der Waals surface area contributed by atoms with Crippen molar-refractivity contribution in [1.29, 1.82) is 0 Å². The maximum absolute atomic E-state index is 12.7. The molecule has 1 N–H and O–H groups in total. The molecule has 11 heteroatoms. The molecule has 0 atom stereocenters. The van der Waals surface area contributed by atoms with Crippen molar-refractivity contribution < 1.29 is 9.53 Å². The van der Waals surface area contributed by atoms with Gasteiger partial charge in [0.05, 0.1) is 29.9 Å². The second kappa shape index (κ2) is 10.2. The standard InChI is InChI=1S/C21H24ClN7O2S/c1-27-9-11-28(12-10-27)19-8-3-15(22)13-18(19)23-20(30)14-32-21-24-25-26-29(21)16-4-6-17(31-2)7-5-16/h3-8,13H,9-12,14H2,1-2H3,(H,23,30). The maximum atomic E-state index is 12.7. The van der Waals surface area contributed by atoms with Gasteiger partial charge < -0.3 is 19.9 Å². The number of thioether (sulfide) groups is 1. The van der Waals surface area contributed by atoms with E-state index in [0.29, 0.717) is 15.9 Å². The summed E-state index contributed by atoms with van der Waals surface area (Å²) < 4.78 is 6.77. The first-order valence-electron chi connectivity index (χ1n) is 10.1. The number of carbonyl (C=O) groups excluding carboxylic acids is 1. The van der Waals surface area contributed by atoms with Gasteiger partial charge in [-0.2, -0.15) is 4.68 Å². The van der Waals surface area contributed by atoms with Crippen LogP contribution in [0.2, 0.25) is 5.02 Å². The number of anilines is 2. The van der Waals surface area contributed by atoms with E-state index in [1.54, 1.807) is 17.9 Å². The zero-order chi connectivity index (χ0) is 22.5. The molecule has 0 radical (unpaired) electrons. The number of benzene rings is 2. The molecule has 3 aromatic rings. The van der Waals surface area contributed by atoms with Gasteiger partial charge in [0.1, 0.15) is 5.75 Å². The predicted molar refractivity (Wildman–Crippen MR) is 126 cm³/mol. The van der Waals surface area contributed by atoms with E-state index in [4.69, 9.17) is 16.3 Å². The highest BCUT2D eigenvalue weighted by Crippen LogP contribution is 2.30. The molecule has 1 saturated heterocycles. The van der Waals surface area contributed by atoms with Crippen molar-refractivity contribution in [2.24, 2.45) is 0 Å². The first kappa shape index (κ1) is 22.4. The SMILES string of the molecule is COc1ccc(-n2nnnc2SCC(=O)Nc2cc(Cl)ccc2N2CCN(C)CC2)cc1. The summed E-state index contributed by atoms with van der Waals surface area (Å²) in [5.74, 6) is 0.746. The Kier molecular flexibility index (Phi) is 7.13. The van der Waals surface area contributed by atoms with Crippen LogP contribution >= 0.6 is 23.4 Å². The van der Waals surface area contributed by atoms with Crippen molar-refractivity contribution in [3.63, 3.8) is 0 Å². The highest BCUT2D eigenvalue weighted by molar-refractivity contribution is 7.99. The molecule has 1 aromatic heterocycles. The fraction of sp³-hybridized carbons (Fsp3) is 0.333. The normalized spacial score (nSPS) is 14.4. The summed E-state index contributed by atoms with van der Waals surface area (Å²) >= 11 is 7.47. The summed E-state index contributed by atoms with van der Waals surface area (Å²) in [6.45, 7) is 3.73. The van der Waals surface area contributed by atoms with Crippen LogP contribution in [0.5, 0.6) is 5.75 Å². The number of tetrazole rings is 1. The lowest BCUT2D eigenvalue weighted by Gasteiger charge is -2.35. The Bertz CT molecular complexity index is 1070. The molecular weight excluding hydrogens is 450 g/mol. The van der Waals surface area contributed by atoms with Crippen LogP contribution in [0.3, 0.4) is 0 Å². The minimum Gasteiger partial charge on any atom is -0.497 e. The summed E-state index contributed by atoms with van der Waals surface area (Å²) in [5, 5.41) is 15.9. The van der Waals surface area contributed by atoms with Crippen LogP contribution in [0.1, 0.15) is 0 Å². The summed E-state index contributed by atoms with van der Waals surface area (Å²) in [5.41, 5.74) is 2.47. The van der Waals surface area contributed by atoms with Crippen molar-refractivity contribution in [2.75, 3.05) is 56.3 Å². The van der Waals surface area contributed by atoms with E-state index in [1.807, 2.05) is 36.4 Å². The number of nitrogens with one attached hydrogen (secondary N) is 1. The molecule has 0 unspecified atom stereocenters. The Labute approximate surface area is 195 Å². The molecule has 0 saturated carbocycles. The number of methoxy groups -OCH3 is 1. The van der Waals surface area contributed by atoms with Crippen LogP contribution < -0.4 is 15.0 Å². The molecule has 168 valence electrons. The minimum atomic E-state index is -0.156. The number of nitrogens with zero attached hydrogens (tertiary/aromatic N) is 6. The molecule has 4 rings (SSSR count). The smallest absolute Gasteiger partial charge is 0.234 e. The summed E-state index contributed by atoms with van der Waals surface area (Å²) in [6.07, 6.45) is 0. The monoisotopic (exact) mass is 473 g/mol. The van der Waals surface area contributed by atoms with E-state index in [9.17, 15) is 4.79 Å². The summed E-state index contributed by atoms with van der Waals surface area (Å²) in [4.78, 5) is 17.3. The van der Waals surface area contributed by atoms with Gasteiger partial charge in [0, 0.05) is 31.2 Å². The minimum absolute atomic E-state index is 0.156. The van der Waals surface area contributed by atoms with Gasteiger partial charge in [0.25, 0.3) is 0 Å². The molecule has 2 heterocycles. The van der Waals surface area contributed by atoms with E-state index in [0.717, 1.165) is 43.3 Å². The van der Waals surface area contributed by atoms with Crippen LogP contribution in [0, 0.1) is 0 Å². The number of carbonyl (C=O) groups is 1. The zero-order valence-electron chi connectivity index (χ0n) is 17.9. The first-order chi connectivity index (χ1) is 15.5. The van der Waals surface area contributed by atoms with Gasteiger partial charge in [-0.05, 0) is 59.9 Å². The van der Waals surface area contributed by atoms with Gasteiger partial charge in [-0.25, -0.2) is 0 Å². The van der Waals surface area contributed by atoms with E-state index in [2.05, 4.69) is 37.7 Å². The van der Waals surface area contributed by atoms with Gasteiger partial charge in [-0.3, -0.25) is 4.79 Å². The Hall–Kier alpha value is -2.82. The van der Waals surface area contributed by atoms with E-state index in [-0.39, 0.29) is 11.7 Å². The number of likely N-dealkylation sites (N-methyl/N-ethyl adjacent to an activating group) is 1. The van der Waals surface area contributed by atoms with E-state index < -0.39 is 0 Å². The molecule has 1 aliphatic rings. The third-order valence-electron chi connectivity index (χ3n) is 5.17. The molecule has 2 aromatic carbocycles. The Morgan fingerprint density at radius 3 is 2.62 bits per heavy atom. The van der Waals surface area contributed by atoms with Gasteiger partial charge in [-0.15, -0.1) is 5.10 Å². The van der Waals surface area contributed by atoms with Crippen molar-refractivity contribution in [3.8, 4) is 11.4 Å². The highest BCUT2D eigenvalue weighted by atomic mass is 35.5. The topological polar surface area (TPSA) is 88.4 Å². The van der Waals surface area contributed by atoms with Crippen molar-refractivity contribution in [3.05, 3.63) is 47.5 Å². The molecule has 1 amide bonds. The Morgan fingerprint density at radius 2 is 1.91 bits per heavy atom. The van der Waals surface area contributed by atoms with E-state index in [1.165, 1.54) is 11.8 Å². The van der Waals surface area contributed by atoms with Crippen LogP contribution in [0.25, 0.3) is 5.69 Å². The molecular formula is C21H24ClN7O2S. The number of hydrogen-bond donors (Lipinski definition) is 1. The quantitative estimate of drug-likeness (QED) is 0.524. The van der Waals surface area contributed by atoms with Crippen molar-refractivity contribution >= 4 is 40.6 Å². The number of hydrogen-bond acceptors (Lipinski definition) is 8. The van der Waals surface area contributed by atoms with Crippen LogP contribution in [0.4, 0.5) is 11.4 Å². The average Bonchev–Trinajstić information content (AvgIpc) is 3.27. The van der Waals surface area contributed by atoms with Crippen LogP contribution in [0.15, 0.2) is 47.6 Å². The van der Waals surface area contributed by atoms with Gasteiger partial charge in [0.2, 0.25) is 11.1 Å². The number of rotatable bonds is 7. The zero-order valence-corrected chi connectivity index (χ0v) is 19.4.